The highest BCUT2D eigenvalue weighted by Crippen LogP contribution is 2.24. The number of rotatable bonds is 1. The second-order valence-corrected chi connectivity index (χ2v) is 3.79. The number of anilines is 1. The van der Waals surface area contributed by atoms with Gasteiger partial charge >= 0.3 is 0 Å². The van der Waals surface area contributed by atoms with E-state index in [4.69, 9.17) is 23.1 Å². The average molecular weight is 296 g/mol. The molecule has 3 nitrogen and oxygen atoms in total. The largest absolute Gasteiger partial charge is 0.398 e. The van der Waals surface area contributed by atoms with Gasteiger partial charge < -0.3 is 11.5 Å². The fourth-order valence-corrected chi connectivity index (χ4v) is 1.41. The van der Waals surface area contributed by atoms with Crippen molar-refractivity contribution in [3.8, 4) is 0 Å². The number of nitrogens with two attached hydrogens (primary N) is 2. The van der Waals surface area contributed by atoms with E-state index in [1.54, 1.807) is 6.07 Å². The molecule has 0 fully saturated rings. The minimum Gasteiger partial charge on any atom is -0.398 e. The van der Waals surface area contributed by atoms with Crippen LogP contribution in [-0.4, -0.2) is 5.91 Å². The van der Waals surface area contributed by atoms with E-state index in [9.17, 15) is 4.79 Å². The van der Waals surface area contributed by atoms with Crippen molar-refractivity contribution in [1.29, 1.82) is 0 Å². The minimum absolute atomic E-state index is 0.309. The van der Waals surface area contributed by atoms with Crippen molar-refractivity contribution in [2.75, 3.05) is 5.73 Å². The molecule has 0 bridgehead atoms. The van der Waals surface area contributed by atoms with Gasteiger partial charge in [-0.3, -0.25) is 4.79 Å². The average Bonchev–Trinajstić information content (AvgIpc) is 1.96. The third-order valence-corrected chi connectivity index (χ3v) is 2.88. The van der Waals surface area contributed by atoms with Gasteiger partial charge in [0.25, 0.3) is 5.91 Å². The lowest BCUT2D eigenvalue weighted by atomic mass is 10.2. The van der Waals surface area contributed by atoms with Crippen LogP contribution in [0.1, 0.15) is 10.4 Å². The molecule has 1 rings (SSSR count). The zero-order valence-corrected chi connectivity index (χ0v) is 8.89. The Hall–Kier alpha value is -0.490. The molecule has 0 radical (unpaired) electrons. The Morgan fingerprint density at radius 2 is 2.08 bits per heavy atom. The summed E-state index contributed by atoms with van der Waals surface area (Å²) in [6, 6.07) is 3.09. The Labute approximate surface area is 88.2 Å². The highest BCUT2D eigenvalue weighted by Gasteiger charge is 2.08. The number of benzene rings is 1. The van der Waals surface area contributed by atoms with Crippen molar-refractivity contribution in [3.63, 3.8) is 0 Å². The maximum atomic E-state index is 10.8. The minimum atomic E-state index is -0.540. The molecule has 1 aromatic rings. The van der Waals surface area contributed by atoms with Crippen LogP contribution in [0.4, 0.5) is 5.69 Å². The normalized spacial score (nSPS) is 9.83. The number of primary amides is 1. The molecule has 0 aliphatic heterocycles. The van der Waals surface area contributed by atoms with Gasteiger partial charge in [0.1, 0.15) is 0 Å². The lowest BCUT2D eigenvalue weighted by Gasteiger charge is -2.03. The van der Waals surface area contributed by atoms with Gasteiger partial charge in [0.05, 0.1) is 10.6 Å². The van der Waals surface area contributed by atoms with Crippen LogP contribution in [0.25, 0.3) is 0 Å². The summed E-state index contributed by atoms with van der Waals surface area (Å²) in [6.45, 7) is 0. The molecule has 0 aromatic heterocycles. The number of carbonyl (C=O) groups is 1. The fraction of sp³-hybridized carbons (Fsp3) is 0. The first-order valence-corrected chi connectivity index (χ1v) is 4.52. The van der Waals surface area contributed by atoms with Crippen LogP contribution in [0.3, 0.4) is 0 Å². The van der Waals surface area contributed by atoms with Crippen LogP contribution in [0, 0.1) is 3.57 Å². The molecule has 5 heteroatoms. The molecule has 12 heavy (non-hydrogen) atoms. The molecule has 4 N–H and O–H groups in total. The molecule has 0 atom stereocenters. The van der Waals surface area contributed by atoms with Gasteiger partial charge in [-0.2, -0.15) is 0 Å². The number of carbonyl (C=O) groups excluding carboxylic acids is 1. The number of hydrogen-bond donors (Lipinski definition) is 2. The van der Waals surface area contributed by atoms with Crippen LogP contribution in [0.5, 0.6) is 0 Å². The Morgan fingerprint density at radius 1 is 1.50 bits per heavy atom. The molecule has 0 saturated heterocycles. The second kappa shape index (κ2) is 3.49. The van der Waals surface area contributed by atoms with Gasteiger partial charge in [-0.25, -0.2) is 0 Å². The summed E-state index contributed by atoms with van der Waals surface area (Å²) in [7, 11) is 0. The van der Waals surface area contributed by atoms with Crippen LogP contribution >= 0.6 is 34.2 Å². The Kier molecular flexibility index (Phi) is 2.79. The Bertz CT molecular complexity index is 340. The van der Waals surface area contributed by atoms with Gasteiger partial charge in [0.2, 0.25) is 0 Å². The SMILES string of the molecule is NC(=O)c1cc(I)c(Cl)cc1N. The highest BCUT2D eigenvalue weighted by molar-refractivity contribution is 14.1. The standard InChI is InChI=1S/C7H6ClIN2O/c8-4-2-6(10)3(7(11)12)1-5(4)9/h1-2H,10H2,(H2,11,12). The first-order valence-electron chi connectivity index (χ1n) is 3.06. The number of nitrogen functional groups attached to an aromatic ring is 1. The van der Waals surface area contributed by atoms with Crippen LogP contribution in [0.2, 0.25) is 5.02 Å². The van der Waals surface area contributed by atoms with Gasteiger partial charge in [0, 0.05) is 9.26 Å². The molecular formula is C7H6ClIN2O. The van der Waals surface area contributed by atoms with E-state index in [0.717, 1.165) is 3.57 Å². The first kappa shape index (κ1) is 9.60. The fourth-order valence-electron chi connectivity index (χ4n) is 0.776. The monoisotopic (exact) mass is 296 g/mol. The molecule has 0 spiro atoms. The van der Waals surface area contributed by atoms with Crippen molar-refractivity contribution < 1.29 is 4.79 Å². The second-order valence-electron chi connectivity index (χ2n) is 2.22. The van der Waals surface area contributed by atoms with E-state index in [0.29, 0.717) is 16.3 Å². The highest BCUT2D eigenvalue weighted by atomic mass is 127. The zero-order valence-electron chi connectivity index (χ0n) is 5.97. The van der Waals surface area contributed by atoms with Gasteiger partial charge in [-0.05, 0) is 34.7 Å². The van der Waals surface area contributed by atoms with Crippen LogP contribution < -0.4 is 11.5 Å². The molecule has 0 aliphatic rings. The zero-order chi connectivity index (χ0) is 9.30. The van der Waals surface area contributed by atoms with E-state index >= 15 is 0 Å². The molecule has 0 saturated carbocycles. The molecule has 1 amide bonds. The summed E-state index contributed by atoms with van der Waals surface area (Å²) < 4.78 is 0.761. The Morgan fingerprint density at radius 3 is 2.58 bits per heavy atom. The van der Waals surface area contributed by atoms with E-state index in [2.05, 4.69) is 0 Å². The smallest absolute Gasteiger partial charge is 0.250 e. The summed E-state index contributed by atoms with van der Waals surface area (Å²) in [5.41, 5.74) is 11.2. The van der Waals surface area contributed by atoms with Crippen LogP contribution in [0.15, 0.2) is 12.1 Å². The summed E-state index contributed by atoms with van der Waals surface area (Å²) in [6.07, 6.45) is 0. The van der Waals surface area contributed by atoms with Crippen LogP contribution in [-0.2, 0) is 0 Å². The van der Waals surface area contributed by atoms with Crippen molar-refractivity contribution in [3.05, 3.63) is 26.3 Å². The predicted octanol–water partition coefficient (Wildman–Crippen LogP) is 1.63. The third kappa shape index (κ3) is 1.81. The van der Waals surface area contributed by atoms with Gasteiger partial charge in [-0.1, -0.05) is 11.6 Å². The van der Waals surface area contributed by atoms with E-state index in [1.165, 1.54) is 6.07 Å². The summed E-state index contributed by atoms with van der Waals surface area (Å²) in [5.74, 6) is -0.540. The van der Waals surface area contributed by atoms with Gasteiger partial charge in [-0.15, -0.1) is 0 Å². The lowest BCUT2D eigenvalue weighted by Crippen LogP contribution is -2.13. The number of halogens is 2. The maximum absolute atomic E-state index is 10.8. The van der Waals surface area contributed by atoms with Crippen molar-refractivity contribution in [2.24, 2.45) is 5.73 Å². The topological polar surface area (TPSA) is 69.1 Å². The lowest BCUT2D eigenvalue weighted by molar-refractivity contribution is 0.100. The quantitative estimate of drug-likeness (QED) is 0.611. The van der Waals surface area contributed by atoms with Crippen molar-refractivity contribution in [1.82, 2.24) is 0 Å². The van der Waals surface area contributed by atoms with Gasteiger partial charge in [0.15, 0.2) is 0 Å². The molecule has 0 unspecified atom stereocenters. The number of hydrogen-bond acceptors (Lipinski definition) is 2. The van der Waals surface area contributed by atoms with E-state index in [1.807, 2.05) is 22.6 Å². The molecule has 0 aliphatic carbocycles. The van der Waals surface area contributed by atoms with E-state index < -0.39 is 5.91 Å². The maximum Gasteiger partial charge on any atom is 0.250 e. The Balaban J connectivity index is 3.33. The third-order valence-electron chi connectivity index (χ3n) is 1.36. The van der Waals surface area contributed by atoms with E-state index in [-0.39, 0.29) is 0 Å². The summed E-state index contributed by atoms with van der Waals surface area (Å²) >= 11 is 7.76. The predicted molar refractivity (Wildman–Crippen MR) is 57.1 cm³/mol. The molecule has 0 heterocycles. The summed E-state index contributed by atoms with van der Waals surface area (Å²) in [4.78, 5) is 10.8. The molecular weight excluding hydrogens is 290 g/mol. The number of amides is 1. The molecule has 1 aromatic carbocycles. The van der Waals surface area contributed by atoms with Crippen molar-refractivity contribution >= 4 is 45.8 Å². The summed E-state index contributed by atoms with van der Waals surface area (Å²) in [5, 5.41) is 0.526. The molecule has 64 valence electrons. The first-order chi connectivity index (χ1) is 5.52. The van der Waals surface area contributed by atoms with Crippen molar-refractivity contribution in [2.45, 2.75) is 0 Å².